The first-order valence-electron chi connectivity index (χ1n) is 8.65. The molecule has 9 heteroatoms. The minimum Gasteiger partial charge on any atom is -0.479 e. The number of nitrogens with zero attached hydrogens (tertiary/aromatic N) is 2. The molecule has 1 unspecified atom stereocenters. The number of hydrogen-bond donors (Lipinski definition) is 2. The number of aliphatic carboxylic acids is 1. The van der Waals surface area contributed by atoms with Gasteiger partial charge in [0.05, 0.1) is 0 Å². The third kappa shape index (κ3) is 5.32. The number of urea groups is 1. The molecular weight excluding hydrogens is 357 g/mol. The number of likely N-dealkylation sites (tertiary alicyclic amines) is 1. The lowest BCUT2D eigenvalue weighted by molar-refractivity contribution is -0.144. The summed E-state index contributed by atoms with van der Waals surface area (Å²) >= 11 is 0. The predicted octanol–water partition coefficient (Wildman–Crippen LogP) is 2.01. The van der Waals surface area contributed by atoms with Crippen molar-refractivity contribution in [1.82, 2.24) is 9.80 Å². The Balaban J connectivity index is 1.92. The standard InChI is InChI=1S/C18H24FN3O5/c1-11(17(24)25)27-15-5-4-13(10-14(15)19)20-16(23)12-6-8-22(9-7-12)18(26)21(2)3/h4-5,10-12H,6-9H2,1-3H3,(H,20,23)(H,24,25). The summed E-state index contributed by atoms with van der Waals surface area (Å²) in [6.45, 7) is 2.28. The second-order valence-corrected chi connectivity index (χ2v) is 6.67. The third-order valence-electron chi connectivity index (χ3n) is 4.37. The Morgan fingerprint density at radius 1 is 1.30 bits per heavy atom. The minimum absolute atomic E-state index is 0.0814. The van der Waals surface area contributed by atoms with Crippen molar-refractivity contribution in [2.24, 2.45) is 5.92 Å². The zero-order chi connectivity index (χ0) is 20.1. The summed E-state index contributed by atoms with van der Waals surface area (Å²) in [5.74, 6) is -2.65. The molecule has 27 heavy (non-hydrogen) atoms. The third-order valence-corrected chi connectivity index (χ3v) is 4.37. The predicted molar refractivity (Wildman–Crippen MR) is 96.1 cm³/mol. The number of carbonyl (C=O) groups excluding carboxylic acids is 2. The monoisotopic (exact) mass is 381 g/mol. The molecule has 148 valence electrons. The average Bonchev–Trinajstić information content (AvgIpc) is 2.63. The number of carbonyl (C=O) groups is 3. The summed E-state index contributed by atoms with van der Waals surface area (Å²) in [6, 6.07) is 3.74. The Hall–Kier alpha value is -2.84. The molecule has 1 aromatic carbocycles. The van der Waals surface area contributed by atoms with Gasteiger partial charge in [-0.1, -0.05) is 0 Å². The van der Waals surface area contributed by atoms with Crippen LogP contribution in [0.1, 0.15) is 19.8 Å². The molecule has 1 aliphatic rings. The van der Waals surface area contributed by atoms with E-state index in [1.807, 2.05) is 0 Å². The summed E-state index contributed by atoms with van der Waals surface area (Å²) < 4.78 is 19.1. The first-order chi connectivity index (χ1) is 12.7. The molecule has 1 saturated heterocycles. The number of hydrogen-bond acceptors (Lipinski definition) is 4. The number of benzene rings is 1. The summed E-state index contributed by atoms with van der Waals surface area (Å²) in [6.07, 6.45) is -0.119. The van der Waals surface area contributed by atoms with Crippen LogP contribution in [-0.2, 0) is 9.59 Å². The van der Waals surface area contributed by atoms with Gasteiger partial charge in [0.25, 0.3) is 0 Å². The molecule has 0 radical (unpaired) electrons. The van der Waals surface area contributed by atoms with Crippen molar-refractivity contribution in [3.05, 3.63) is 24.0 Å². The first-order valence-corrected chi connectivity index (χ1v) is 8.65. The maximum Gasteiger partial charge on any atom is 0.344 e. The molecule has 0 aromatic heterocycles. The normalized spacial score (nSPS) is 15.8. The average molecular weight is 381 g/mol. The second-order valence-electron chi connectivity index (χ2n) is 6.67. The van der Waals surface area contributed by atoms with Gasteiger partial charge in [0.15, 0.2) is 17.7 Å². The van der Waals surface area contributed by atoms with Crippen molar-refractivity contribution in [3.8, 4) is 5.75 Å². The smallest absolute Gasteiger partial charge is 0.344 e. The van der Waals surface area contributed by atoms with Gasteiger partial charge in [-0.2, -0.15) is 0 Å². The van der Waals surface area contributed by atoms with Crippen LogP contribution in [-0.4, -0.2) is 66.1 Å². The van der Waals surface area contributed by atoms with Crippen LogP contribution in [0.2, 0.25) is 0 Å². The molecule has 1 heterocycles. The highest BCUT2D eigenvalue weighted by Gasteiger charge is 2.28. The van der Waals surface area contributed by atoms with E-state index in [1.54, 1.807) is 19.0 Å². The van der Waals surface area contributed by atoms with Gasteiger partial charge in [-0.3, -0.25) is 4.79 Å². The summed E-state index contributed by atoms with van der Waals surface area (Å²) in [5, 5.41) is 11.5. The highest BCUT2D eigenvalue weighted by Crippen LogP contribution is 2.24. The molecule has 2 rings (SSSR count). The Bertz CT molecular complexity index is 717. The number of carboxylic acids is 1. The lowest BCUT2D eigenvalue weighted by Gasteiger charge is -2.33. The van der Waals surface area contributed by atoms with Gasteiger partial charge in [-0.05, 0) is 31.9 Å². The number of ether oxygens (including phenoxy) is 1. The van der Waals surface area contributed by atoms with E-state index in [0.29, 0.717) is 25.9 Å². The van der Waals surface area contributed by atoms with Gasteiger partial charge in [0, 0.05) is 44.9 Å². The Morgan fingerprint density at radius 3 is 2.44 bits per heavy atom. The van der Waals surface area contributed by atoms with Crippen LogP contribution < -0.4 is 10.1 Å². The highest BCUT2D eigenvalue weighted by atomic mass is 19.1. The highest BCUT2D eigenvalue weighted by molar-refractivity contribution is 5.92. The van der Waals surface area contributed by atoms with E-state index in [1.165, 1.54) is 24.0 Å². The number of amides is 3. The van der Waals surface area contributed by atoms with Crippen LogP contribution >= 0.6 is 0 Å². The fourth-order valence-corrected chi connectivity index (χ4v) is 2.78. The zero-order valence-electron chi connectivity index (χ0n) is 15.6. The number of halogens is 1. The molecule has 1 aliphatic heterocycles. The maximum atomic E-state index is 14.1. The molecular formula is C18H24FN3O5. The molecule has 8 nitrogen and oxygen atoms in total. The van der Waals surface area contributed by atoms with Gasteiger partial charge < -0.3 is 25.0 Å². The van der Waals surface area contributed by atoms with Crippen molar-refractivity contribution in [2.75, 3.05) is 32.5 Å². The molecule has 1 fully saturated rings. The van der Waals surface area contributed by atoms with Gasteiger partial charge in [-0.15, -0.1) is 0 Å². The van der Waals surface area contributed by atoms with Gasteiger partial charge in [0.2, 0.25) is 5.91 Å². The van der Waals surface area contributed by atoms with E-state index in [0.717, 1.165) is 6.07 Å². The van der Waals surface area contributed by atoms with E-state index in [9.17, 15) is 18.8 Å². The van der Waals surface area contributed by atoms with E-state index in [-0.39, 0.29) is 29.3 Å². The van der Waals surface area contributed by atoms with Crippen LogP contribution in [0.25, 0.3) is 0 Å². The molecule has 1 atom stereocenters. The van der Waals surface area contributed by atoms with Crippen LogP contribution in [0, 0.1) is 11.7 Å². The maximum absolute atomic E-state index is 14.1. The number of nitrogens with one attached hydrogen (secondary N) is 1. The van der Waals surface area contributed by atoms with Crippen molar-refractivity contribution < 1.29 is 28.6 Å². The molecule has 0 saturated carbocycles. The van der Waals surface area contributed by atoms with E-state index < -0.39 is 17.9 Å². The Morgan fingerprint density at radius 2 is 1.93 bits per heavy atom. The number of carboxylic acid groups (broad SMARTS) is 1. The molecule has 0 spiro atoms. The van der Waals surface area contributed by atoms with Crippen LogP contribution in [0.15, 0.2) is 18.2 Å². The molecule has 2 N–H and O–H groups in total. The van der Waals surface area contributed by atoms with Crippen LogP contribution in [0.5, 0.6) is 5.75 Å². The zero-order valence-corrected chi connectivity index (χ0v) is 15.6. The molecule has 3 amide bonds. The van der Waals surface area contributed by atoms with Crippen molar-refractivity contribution in [1.29, 1.82) is 0 Å². The SMILES string of the molecule is CC(Oc1ccc(NC(=O)C2CCN(C(=O)N(C)C)CC2)cc1F)C(=O)O. The largest absolute Gasteiger partial charge is 0.479 e. The Kier molecular flexibility index (Phi) is 6.59. The molecule has 1 aromatic rings. The second kappa shape index (κ2) is 8.70. The minimum atomic E-state index is -1.20. The number of rotatable bonds is 5. The summed E-state index contributed by atoms with van der Waals surface area (Å²) in [7, 11) is 3.36. The summed E-state index contributed by atoms with van der Waals surface area (Å²) in [4.78, 5) is 38.3. The van der Waals surface area contributed by atoms with Crippen molar-refractivity contribution in [3.63, 3.8) is 0 Å². The quantitative estimate of drug-likeness (QED) is 0.813. The lowest BCUT2D eigenvalue weighted by Crippen LogP contribution is -2.45. The van der Waals surface area contributed by atoms with E-state index in [2.05, 4.69) is 5.32 Å². The fourth-order valence-electron chi connectivity index (χ4n) is 2.78. The van der Waals surface area contributed by atoms with Gasteiger partial charge in [0.1, 0.15) is 0 Å². The molecule has 0 bridgehead atoms. The van der Waals surface area contributed by atoms with Crippen LogP contribution in [0.3, 0.4) is 0 Å². The number of piperidine rings is 1. The van der Waals surface area contributed by atoms with Crippen LogP contribution in [0.4, 0.5) is 14.9 Å². The topological polar surface area (TPSA) is 99.2 Å². The number of anilines is 1. The fraction of sp³-hybridized carbons (Fsp3) is 0.500. The van der Waals surface area contributed by atoms with E-state index >= 15 is 0 Å². The first kappa shape index (κ1) is 20.5. The van der Waals surface area contributed by atoms with Crippen molar-refractivity contribution in [2.45, 2.75) is 25.9 Å². The summed E-state index contributed by atoms with van der Waals surface area (Å²) in [5.41, 5.74) is 0.264. The molecule has 0 aliphatic carbocycles. The van der Waals surface area contributed by atoms with Crippen molar-refractivity contribution >= 4 is 23.6 Å². The Labute approximate surface area is 156 Å². The lowest BCUT2D eigenvalue weighted by atomic mass is 9.96. The van der Waals surface area contributed by atoms with Gasteiger partial charge >= 0.3 is 12.0 Å². The van der Waals surface area contributed by atoms with Gasteiger partial charge in [-0.25, -0.2) is 14.0 Å². The van der Waals surface area contributed by atoms with E-state index in [4.69, 9.17) is 9.84 Å².